The SMILES string of the molecule is O=C(O)[C@H](NC(=O)N1CCCCC1)c1ccccc1. The van der Waals surface area contributed by atoms with Crippen LogP contribution in [-0.4, -0.2) is 35.1 Å². The second-order valence-corrected chi connectivity index (χ2v) is 4.68. The summed E-state index contributed by atoms with van der Waals surface area (Å²) in [6, 6.07) is 7.46. The number of aliphatic carboxylic acids is 1. The van der Waals surface area contributed by atoms with Gasteiger partial charge in [0, 0.05) is 13.1 Å². The number of carboxylic acids is 1. The minimum atomic E-state index is -1.04. The fraction of sp³-hybridized carbons (Fsp3) is 0.429. The Morgan fingerprint density at radius 3 is 2.32 bits per heavy atom. The van der Waals surface area contributed by atoms with Gasteiger partial charge >= 0.3 is 12.0 Å². The van der Waals surface area contributed by atoms with Crippen LogP contribution in [0, 0.1) is 0 Å². The van der Waals surface area contributed by atoms with Crippen LogP contribution in [0.15, 0.2) is 30.3 Å². The maximum Gasteiger partial charge on any atom is 0.330 e. The molecule has 0 aromatic heterocycles. The summed E-state index contributed by atoms with van der Waals surface area (Å²) in [5.41, 5.74) is 0.584. The van der Waals surface area contributed by atoms with Gasteiger partial charge < -0.3 is 15.3 Å². The van der Waals surface area contributed by atoms with Gasteiger partial charge in [0.25, 0.3) is 0 Å². The van der Waals surface area contributed by atoms with Gasteiger partial charge in [-0.05, 0) is 24.8 Å². The van der Waals surface area contributed by atoms with Crippen LogP contribution in [0.2, 0.25) is 0 Å². The summed E-state index contributed by atoms with van der Waals surface area (Å²) >= 11 is 0. The molecular formula is C14H18N2O3. The highest BCUT2D eigenvalue weighted by atomic mass is 16.4. The van der Waals surface area contributed by atoms with Crippen molar-refractivity contribution in [2.24, 2.45) is 0 Å². The van der Waals surface area contributed by atoms with E-state index in [2.05, 4.69) is 5.32 Å². The molecule has 2 amide bonds. The molecule has 1 aliphatic rings. The molecule has 19 heavy (non-hydrogen) atoms. The minimum absolute atomic E-state index is 0.295. The zero-order chi connectivity index (χ0) is 13.7. The molecule has 2 N–H and O–H groups in total. The zero-order valence-electron chi connectivity index (χ0n) is 10.7. The first-order chi connectivity index (χ1) is 9.18. The van der Waals surface area contributed by atoms with Crippen LogP contribution < -0.4 is 5.32 Å². The Morgan fingerprint density at radius 2 is 1.74 bits per heavy atom. The van der Waals surface area contributed by atoms with E-state index in [1.807, 2.05) is 6.07 Å². The van der Waals surface area contributed by atoms with Crippen molar-refractivity contribution in [1.29, 1.82) is 0 Å². The average Bonchev–Trinajstić information content (AvgIpc) is 2.46. The van der Waals surface area contributed by atoms with Crippen molar-refractivity contribution in [3.05, 3.63) is 35.9 Å². The lowest BCUT2D eigenvalue weighted by molar-refractivity contribution is -0.139. The predicted molar refractivity (Wildman–Crippen MR) is 70.8 cm³/mol. The van der Waals surface area contributed by atoms with Gasteiger partial charge in [0.2, 0.25) is 0 Å². The molecule has 0 bridgehead atoms. The second kappa shape index (κ2) is 6.22. The monoisotopic (exact) mass is 262 g/mol. The van der Waals surface area contributed by atoms with Crippen molar-refractivity contribution in [2.75, 3.05) is 13.1 Å². The normalized spacial score (nSPS) is 16.7. The minimum Gasteiger partial charge on any atom is -0.479 e. The maximum atomic E-state index is 12.0. The number of rotatable bonds is 3. The first kappa shape index (κ1) is 13.4. The topological polar surface area (TPSA) is 69.6 Å². The van der Waals surface area contributed by atoms with Gasteiger partial charge in [-0.3, -0.25) is 0 Å². The van der Waals surface area contributed by atoms with Crippen molar-refractivity contribution in [3.63, 3.8) is 0 Å². The summed E-state index contributed by atoms with van der Waals surface area (Å²) in [5, 5.41) is 11.8. The molecule has 1 aliphatic heterocycles. The Morgan fingerprint density at radius 1 is 1.11 bits per heavy atom. The van der Waals surface area contributed by atoms with E-state index in [1.165, 1.54) is 0 Å². The van der Waals surface area contributed by atoms with Gasteiger partial charge in [-0.1, -0.05) is 30.3 Å². The summed E-state index contributed by atoms with van der Waals surface area (Å²) in [6.07, 6.45) is 3.10. The highest BCUT2D eigenvalue weighted by molar-refractivity contribution is 5.83. The Hall–Kier alpha value is -2.04. The van der Waals surface area contributed by atoms with E-state index in [-0.39, 0.29) is 6.03 Å². The highest BCUT2D eigenvalue weighted by Gasteiger charge is 2.25. The summed E-state index contributed by atoms with van der Waals surface area (Å²) in [7, 11) is 0. The third-order valence-electron chi connectivity index (χ3n) is 3.29. The molecule has 0 saturated carbocycles. The lowest BCUT2D eigenvalue weighted by Crippen LogP contribution is -2.45. The lowest BCUT2D eigenvalue weighted by atomic mass is 10.1. The molecular weight excluding hydrogens is 244 g/mol. The molecule has 1 atom stereocenters. The van der Waals surface area contributed by atoms with Gasteiger partial charge in [-0.25, -0.2) is 9.59 Å². The molecule has 1 saturated heterocycles. The number of hydrogen-bond acceptors (Lipinski definition) is 2. The van der Waals surface area contributed by atoms with Gasteiger partial charge in [-0.15, -0.1) is 0 Å². The Labute approximate surface area is 112 Å². The molecule has 1 heterocycles. The fourth-order valence-corrected chi connectivity index (χ4v) is 2.24. The number of carbonyl (C=O) groups is 2. The average molecular weight is 262 g/mol. The summed E-state index contributed by atoms with van der Waals surface area (Å²) < 4.78 is 0. The third kappa shape index (κ3) is 3.47. The number of benzene rings is 1. The first-order valence-corrected chi connectivity index (χ1v) is 6.51. The lowest BCUT2D eigenvalue weighted by Gasteiger charge is -2.28. The Balaban J connectivity index is 2.04. The van der Waals surface area contributed by atoms with Crippen molar-refractivity contribution >= 4 is 12.0 Å². The third-order valence-corrected chi connectivity index (χ3v) is 3.29. The standard InChI is InChI=1S/C14H18N2O3/c17-13(18)12(11-7-3-1-4-8-11)15-14(19)16-9-5-2-6-10-16/h1,3-4,7-8,12H,2,5-6,9-10H2,(H,15,19)(H,17,18)/t12-/m1/s1. The molecule has 0 aliphatic carbocycles. The van der Waals surface area contributed by atoms with Gasteiger partial charge in [0.15, 0.2) is 6.04 Å². The largest absolute Gasteiger partial charge is 0.479 e. The summed E-state index contributed by atoms with van der Waals surface area (Å²) in [6.45, 7) is 1.40. The molecule has 5 nitrogen and oxygen atoms in total. The molecule has 1 aromatic rings. The number of urea groups is 1. The molecule has 0 radical (unpaired) electrons. The molecule has 0 unspecified atom stereocenters. The van der Waals surface area contributed by atoms with Crippen LogP contribution in [0.4, 0.5) is 4.79 Å². The van der Waals surface area contributed by atoms with E-state index in [1.54, 1.807) is 29.2 Å². The van der Waals surface area contributed by atoms with Crippen molar-refractivity contribution in [2.45, 2.75) is 25.3 Å². The van der Waals surface area contributed by atoms with Crippen molar-refractivity contribution < 1.29 is 14.7 Å². The van der Waals surface area contributed by atoms with E-state index < -0.39 is 12.0 Å². The predicted octanol–water partition coefficient (Wildman–Crippen LogP) is 2.01. The van der Waals surface area contributed by atoms with Gasteiger partial charge in [0.1, 0.15) is 0 Å². The molecule has 2 rings (SSSR count). The Bertz CT molecular complexity index is 441. The molecule has 5 heteroatoms. The highest BCUT2D eigenvalue weighted by Crippen LogP contribution is 2.15. The van der Waals surface area contributed by atoms with Gasteiger partial charge in [-0.2, -0.15) is 0 Å². The smallest absolute Gasteiger partial charge is 0.330 e. The van der Waals surface area contributed by atoms with Crippen molar-refractivity contribution in [1.82, 2.24) is 10.2 Å². The summed E-state index contributed by atoms with van der Waals surface area (Å²) in [5.74, 6) is -1.04. The number of likely N-dealkylation sites (tertiary alicyclic amines) is 1. The van der Waals surface area contributed by atoms with E-state index in [0.717, 1.165) is 19.3 Å². The second-order valence-electron chi connectivity index (χ2n) is 4.68. The Kier molecular flexibility index (Phi) is 4.39. The molecule has 102 valence electrons. The van der Waals surface area contributed by atoms with Crippen LogP contribution in [0.5, 0.6) is 0 Å². The van der Waals surface area contributed by atoms with Gasteiger partial charge in [0.05, 0.1) is 0 Å². The fourth-order valence-electron chi connectivity index (χ4n) is 2.24. The van der Waals surface area contributed by atoms with Crippen LogP contribution in [0.25, 0.3) is 0 Å². The van der Waals surface area contributed by atoms with E-state index in [4.69, 9.17) is 0 Å². The zero-order valence-corrected chi connectivity index (χ0v) is 10.7. The quantitative estimate of drug-likeness (QED) is 0.875. The van der Waals surface area contributed by atoms with E-state index in [9.17, 15) is 14.7 Å². The number of nitrogens with one attached hydrogen (secondary N) is 1. The van der Waals surface area contributed by atoms with E-state index in [0.29, 0.717) is 18.7 Å². The van der Waals surface area contributed by atoms with Crippen LogP contribution in [0.3, 0.4) is 0 Å². The van der Waals surface area contributed by atoms with Crippen LogP contribution in [0.1, 0.15) is 30.9 Å². The molecule has 1 fully saturated rings. The number of hydrogen-bond donors (Lipinski definition) is 2. The summed E-state index contributed by atoms with van der Waals surface area (Å²) in [4.78, 5) is 25.0. The molecule has 0 spiro atoms. The van der Waals surface area contributed by atoms with Crippen LogP contribution >= 0.6 is 0 Å². The first-order valence-electron chi connectivity index (χ1n) is 6.51. The maximum absolute atomic E-state index is 12.0. The van der Waals surface area contributed by atoms with Crippen LogP contribution in [-0.2, 0) is 4.79 Å². The number of amides is 2. The van der Waals surface area contributed by atoms with E-state index >= 15 is 0 Å². The number of carboxylic acid groups (broad SMARTS) is 1. The number of nitrogens with zero attached hydrogens (tertiary/aromatic N) is 1. The molecule has 1 aromatic carbocycles. The van der Waals surface area contributed by atoms with Crippen molar-refractivity contribution in [3.8, 4) is 0 Å². The number of piperidine rings is 1. The number of carbonyl (C=O) groups excluding carboxylic acids is 1.